The molecule has 17 heavy (non-hydrogen) atoms. The summed E-state index contributed by atoms with van der Waals surface area (Å²) in [5.74, 6) is 0. The standard InChI is InChI=1S/C11H24N2O3S/c1-10(4-3-9-14)12-11-5-7-13(8-6-11)17(2,15)16/h10-12,14H,3-9H2,1-2H3. The summed E-state index contributed by atoms with van der Waals surface area (Å²) in [6.07, 6.45) is 4.79. The Hall–Kier alpha value is -0.170. The van der Waals surface area contributed by atoms with Crippen LogP contribution in [-0.2, 0) is 10.0 Å². The van der Waals surface area contributed by atoms with Crippen LogP contribution in [0.15, 0.2) is 0 Å². The molecular formula is C11H24N2O3S. The average molecular weight is 264 g/mol. The van der Waals surface area contributed by atoms with Gasteiger partial charge < -0.3 is 10.4 Å². The molecule has 1 heterocycles. The van der Waals surface area contributed by atoms with Crippen LogP contribution in [0.4, 0.5) is 0 Å². The fourth-order valence-electron chi connectivity index (χ4n) is 2.24. The number of aliphatic hydroxyl groups is 1. The molecule has 1 rings (SSSR count). The van der Waals surface area contributed by atoms with Gasteiger partial charge in [0.1, 0.15) is 0 Å². The Morgan fingerprint density at radius 3 is 2.47 bits per heavy atom. The van der Waals surface area contributed by atoms with Crippen molar-refractivity contribution in [3.8, 4) is 0 Å². The van der Waals surface area contributed by atoms with E-state index in [2.05, 4.69) is 12.2 Å². The van der Waals surface area contributed by atoms with E-state index in [-0.39, 0.29) is 6.61 Å². The fourth-order valence-corrected chi connectivity index (χ4v) is 3.11. The highest BCUT2D eigenvalue weighted by Gasteiger charge is 2.25. The summed E-state index contributed by atoms with van der Waals surface area (Å²) < 4.78 is 24.2. The largest absolute Gasteiger partial charge is 0.396 e. The molecule has 6 heteroatoms. The maximum atomic E-state index is 11.3. The number of rotatable bonds is 6. The third-order valence-corrected chi connectivity index (χ3v) is 4.54. The Labute approximate surface area is 104 Å². The van der Waals surface area contributed by atoms with Crippen molar-refractivity contribution in [3.63, 3.8) is 0 Å². The highest BCUT2D eigenvalue weighted by atomic mass is 32.2. The van der Waals surface area contributed by atoms with Crippen molar-refractivity contribution in [2.75, 3.05) is 26.0 Å². The minimum atomic E-state index is -3.02. The molecule has 1 aliphatic rings. The van der Waals surface area contributed by atoms with Crippen LogP contribution in [0.2, 0.25) is 0 Å². The van der Waals surface area contributed by atoms with Crippen LogP contribution < -0.4 is 5.32 Å². The zero-order valence-electron chi connectivity index (χ0n) is 10.7. The molecule has 1 saturated heterocycles. The second-order valence-corrected chi connectivity index (χ2v) is 6.85. The Morgan fingerprint density at radius 2 is 2.00 bits per heavy atom. The van der Waals surface area contributed by atoms with E-state index in [0.717, 1.165) is 25.7 Å². The van der Waals surface area contributed by atoms with Crippen LogP contribution in [0.25, 0.3) is 0 Å². The summed E-state index contributed by atoms with van der Waals surface area (Å²) in [6, 6.07) is 0.790. The molecule has 0 amide bonds. The maximum Gasteiger partial charge on any atom is 0.211 e. The number of piperidine rings is 1. The summed E-state index contributed by atoms with van der Waals surface area (Å²) in [7, 11) is -3.02. The van der Waals surface area contributed by atoms with Gasteiger partial charge in [0.2, 0.25) is 10.0 Å². The van der Waals surface area contributed by atoms with E-state index in [0.29, 0.717) is 25.2 Å². The van der Waals surface area contributed by atoms with Crippen molar-refractivity contribution < 1.29 is 13.5 Å². The quantitative estimate of drug-likeness (QED) is 0.717. The molecule has 0 saturated carbocycles. The lowest BCUT2D eigenvalue weighted by Gasteiger charge is -2.32. The summed E-state index contributed by atoms with van der Waals surface area (Å²) in [6.45, 7) is 3.57. The molecule has 0 aromatic heterocycles. The zero-order chi connectivity index (χ0) is 12.9. The predicted molar refractivity (Wildman–Crippen MR) is 68.4 cm³/mol. The lowest BCUT2D eigenvalue weighted by Crippen LogP contribution is -2.46. The smallest absolute Gasteiger partial charge is 0.211 e. The number of aliphatic hydroxyl groups excluding tert-OH is 1. The second kappa shape index (κ2) is 6.68. The Kier molecular flexibility index (Phi) is 5.85. The topological polar surface area (TPSA) is 69.6 Å². The van der Waals surface area contributed by atoms with Gasteiger partial charge >= 0.3 is 0 Å². The third kappa shape index (κ3) is 5.33. The highest BCUT2D eigenvalue weighted by molar-refractivity contribution is 7.88. The number of hydrogen-bond donors (Lipinski definition) is 2. The van der Waals surface area contributed by atoms with Crippen LogP contribution in [0.3, 0.4) is 0 Å². The first-order valence-corrected chi connectivity index (χ1v) is 8.10. The second-order valence-electron chi connectivity index (χ2n) is 4.87. The highest BCUT2D eigenvalue weighted by Crippen LogP contribution is 2.14. The van der Waals surface area contributed by atoms with Crippen LogP contribution in [0.1, 0.15) is 32.6 Å². The van der Waals surface area contributed by atoms with E-state index < -0.39 is 10.0 Å². The van der Waals surface area contributed by atoms with Gasteiger partial charge in [0, 0.05) is 31.8 Å². The molecule has 0 bridgehead atoms. The normalized spacial score (nSPS) is 21.6. The van der Waals surface area contributed by atoms with E-state index in [1.54, 1.807) is 4.31 Å². The number of nitrogens with one attached hydrogen (secondary N) is 1. The van der Waals surface area contributed by atoms with E-state index in [9.17, 15) is 8.42 Å². The van der Waals surface area contributed by atoms with Crippen molar-refractivity contribution in [1.82, 2.24) is 9.62 Å². The minimum absolute atomic E-state index is 0.235. The molecule has 2 N–H and O–H groups in total. The van der Waals surface area contributed by atoms with Crippen LogP contribution in [0.5, 0.6) is 0 Å². The Bertz CT molecular complexity index is 311. The molecule has 0 aromatic carbocycles. The summed E-state index contributed by atoms with van der Waals surface area (Å²) >= 11 is 0. The number of hydrogen-bond acceptors (Lipinski definition) is 4. The van der Waals surface area contributed by atoms with Crippen molar-refractivity contribution >= 4 is 10.0 Å². The average Bonchev–Trinajstić information content (AvgIpc) is 2.26. The molecule has 1 aliphatic heterocycles. The van der Waals surface area contributed by atoms with Crippen molar-refractivity contribution in [2.45, 2.75) is 44.7 Å². The van der Waals surface area contributed by atoms with E-state index >= 15 is 0 Å². The van der Waals surface area contributed by atoms with Crippen molar-refractivity contribution in [2.24, 2.45) is 0 Å². The summed E-state index contributed by atoms with van der Waals surface area (Å²) in [5.41, 5.74) is 0. The molecule has 0 aliphatic carbocycles. The summed E-state index contributed by atoms with van der Waals surface area (Å²) in [5, 5.41) is 12.2. The first kappa shape index (κ1) is 14.9. The molecule has 0 aromatic rings. The van der Waals surface area contributed by atoms with Gasteiger partial charge in [-0.25, -0.2) is 12.7 Å². The maximum absolute atomic E-state index is 11.3. The van der Waals surface area contributed by atoms with Gasteiger partial charge in [-0.05, 0) is 32.6 Å². The lowest BCUT2D eigenvalue weighted by molar-refractivity contribution is 0.253. The van der Waals surface area contributed by atoms with E-state index in [1.807, 2.05) is 0 Å². The Balaban J connectivity index is 2.28. The van der Waals surface area contributed by atoms with E-state index in [1.165, 1.54) is 6.26 Å². The zero-order valence-corrected chi connectivity index (χ0v) is 11.5. The summed E-state index contributed by atoms with van der Waals surface area (Å²) in [4.78, 5) is 0. The van der Waals surface area contributed by atoms with Gasteiger partial charge in [0.25, 0.3) is 0 Å². The van der Waals surface area contributed by atoms with Gasteiger partial charge in [-0.15, -0.1) is 0 Å². The fraction of sp³-hybridized carbons (Fsp3) is 1.00. The van der Waals surface area contributed by atoms with E-state index in [4.69, 9.17) is 5.11 Å². The molecule has 102 valence electrons. The Morgan fingerprint density at radius 1 is 1.41 bits per heavy atom. The first-order chi connectivity index (χ1) is 7.93. The molecule has 0 spiro atoms. The van der Waals surface area contributed by atoms with Gasteiger partial charge in [-0.1, -0.05) is 0 Å². The van der Waals surface area contributed by atoms with Gasteiger partial charge in [0.15, 0.2) is 0 Å². The SMILES string of the molecule is CC(CCCO)NC1CCN(S(C)(=O)=O)CC1. The molecule has 5 nitrogen and oxygen atoms in total. The first-order valence-electron chi connectivity index (χ1n) is 6.25. The number of nitrogens with zero attached hydrogens (tertiary/aromatic N) is 1. The van der Waals surface area contributed by atoms with Crippen LogP contribution >= 0.6 is 0 Å². The molecule has 1 unspecified atom stereocenters. The lowest BCUT2D eigenvalue weighted by atomic mass is 10.0. The third-order valence-electron chi connectivity index (χ3n) is 3.24. The van der Waals surface area contributed by atoms with Crippen LogP contribution in [-0.4, -0.2) is 55.9 Å². The minimum Gasteiger partial charge on any atom is -0.396 e. The van der Waals surface area contributed by atoms with Crippen molar-refractivity contribution in [1.29, 1.82) is 0 Å². The molecule has 1 fully saturated rings. The van der Waals surface area contributed by atoms with Gasteiger partial charge in [-0.2, -0.15) is 0 Å². The molecule has 1 atom stereocenters. The van der Waals surface area contributed by atoms with Gasteiger partial charge in [0.05, 0.1) is 6.26 Å². The van der Waals surface area contributed by atoms with Crippen LogP contribution in [0, 0.1) is 0 Å². The predicted octanol–water partition coefficient (Wildman–Crippen LogP) is 0.161. The van der Waals surface area contributed by atoms with Gasteiger partial charge in [-0.3, -0.25) is 0 Å². The molecule has 0 radical (unpaired) electrons. The van der Waals surface area contributed by atoms with Crippen molar-refractivity contribution in [3.05, 3.63) is 0 Å². The monoisotopic (exact) mass is 264 g/mol. The number of sulfonamides is 1. The molecular weight excluding hydrogens is 240 g/mol.